The molecule has 0 saturated carbocycles. The summed E-state index contributed by atoms with van der Waals surface area (Å²) in [5.74, 6) is 0.526. The first kappa shape index (κ1) is 17.4. The molecule has 0 atom stereocenters. The molecule has 0 aliphatic carbocycles. The minimum Gasteiger partial charge on any atom is -0.296 e. The highest BCUT2D eigenvalue weighted by molar-refractivity contribution is 8.01. The third-order valence-corrected chi connectivity index (χ3v) is 5.08. The van der Waals surface area contributed by atoms with Crippen molar-refractivity contribution in [2.45, 2.75) is 31.0 Å². The maximum atomic E-state index is 12.2. The quantitative estimate of drug-likeness (QED) is 0.267. The summed E-state index contributed by atoms with van der Waals surface area (Å²) in [6.07, 6.45) is 2.21. The molecule has 0 spiro atoms. The average molecular weight is 352 g/mol. The maximum Gasteiger partial charge on any atom is 0.273 e. The van der Waals surface area contributed by atoms with E-state index in [1.54, 1.807) is 30.8 Å². The van der Waals surface area contributed by atoms with E-state index in [9.17, 15) is 14.9 Å². The van der Waals surface area contributed by atoms with Crippen molar-refractivity contribution in [2.24, 2.45) is 0 Å². The second-order valence-corrected chi connectivity index (χ2v) is 7.11. The van der Waals surface area contributed by atoms with Gasteiger partial charge < -0.3 is 0 Å². The summed E-state index contributed by atoms with van der Waals surface area (Å²) >= 11 is 2.90. The monoisotopic (exact) mass is 352 g/mol. The van der Waals surface area contributed by atoms with E-state index in [2.05, 4.69) is 22.4 Å². The van der Waals surface area contributed by atoms with Crippen molar-refractivity contribution in [1.82, 2.24) is 10.2 Å². The number of aromatic nitrogens is 2. The third kappa shape index (κ3) is 4.73. The summed E-state index contributed by atoms with van der Waals surface area (Å²) in [4.78, 5) is 22.6. The number of hydrogen-bond acceptors (Lipinski definition) is 7. The van der Waals surface area contributed by atoms with Gasteiger partial charge in [-0.2, -0.15) is 0 Å². The molecule has 122 valence electrons. The van der Waals surface area contributed by atoms with E-state index >= 15 is 0 Å². The molecular weight excluding hydrogens is 336 g/mol. The van der Waals surface area contributed by atoms with Crippen molar-refractivity contribution in [3.05, 3.63) is 39.4 Å². The van der Waals surface area contributed by atoms with Crippen LogP contribution in [0.4, 0.5) is 10.8 Å². The standard InChI is InChI=1S/C14H16N4O3S2/c1-3-4-7-22-14-17-16-13(23-14)15-12(19)10-6-5-9(2)11(8-10)18(20)21/h5-6,8H,3-4,7H2,1-2H3,(H,15,16,19). The summed E-state index contributed by atoms with van der Waals surface area (Å²) < 4.78 is 0.795. The van der Waals surface area contributed by atoms with Gasteiger partial charge in [-0.3, -0.25) is 20.2 Å². The Morgan fingerprint density at radius 2 is 2.22 bits per heavy atom. The Morgan fingerprint density at radius 1 is 1.43 bits per heavy atom. The van der Waals surface area contributed by atoms with Crippen LogP contribution in [0.5, 0.6) is 0 Å². The molecule has 9 heteroatoms. The van der Waals surface area contributed by atoms with Gasteiger partial charge in [0, 0.05) is 22.9 Å². The Bertz CT molecular complexity index is 718. The van der Waals surface area contributed by atoms with E-state index < -0.39 is 10.8 Å². The molecule has 0 radical (unpaired) electrons. The van der Waals surface area contributed by atoms with Gasteiger partial charge in [0.1, 0.15) is 0 Å². The van der Waals surface area contributed by atoms with E-state index in [1.807, 2.05) is 0 Å². The molecular formula is C14H16N4O3S2. The molecule has 1 N–H and O–H groups in total. The maximum absolute atomic E-state index is 12.2. The van der Waals surface area contributed by atoms with Gasteiger partial charge in [-0.15, -0.1) is 10.2 Å². The molecule has 0 bridgehead atoms. The van der Waals surface area contributed by atoms with Gasteiger partial charge in [0.25, 0.3) is 11.6 Å². The number of anilines is 1. The van der Waals surface area contributed by atoms with Crippen molar-refractivity contribution >= 4 is 39.8 Å². The number of benzene rings is 1. The molecule has 1 aromatic heterocycles. The van der Waals surface area contributed by atoms with Crippen LogP contribution in [0.3, 0.4) is 0 Å². The fraction of sp³-hybridized carbons (Fsp3) is 0.357. The Balaban J connectivity index is 2.04. The summed E-state index contributed by atoms with van der Waals surface area (Å²) in [7, 11) is 0. The fourth-order valence-corrected chi connectivity index (χ4v) is 3.64. The molecule has 1 heterocycles. The summed E-state index contributed by atoms with van der Waals surface area (Å²) in [6.45, 7) is 3.75. The SMILES string of the molecule is CCCCSc1nnc(NC(=O)c2ccc(C)c([N+](=O)[O-])c2)s1. The van der Waals surface area contributed by atoms with Crippen LogP contribution in [-0.2, 0) is 0 Å². The predicted molar refractivity (Wildman–Crippen MR) is 91.3 cm³/mol. The van der Waals surface area contributed by atoms with E-state index in [0.29, 0.717) is 10.7 Å². The lowest BCUT2D eigenvalue weighted by Gasteiger charge is -2.02. The second-order valence-electron chi connectivity index (χ2n) is 4.79. The van der Waals surface area contributed by atoms with E-state index in [-0.39, 0.29) is 11.3 Å². The van der Waals surface area contributed by atoms with Crippen molar-refractivity contribution in [2.75, 3.05) is 11.1 Å². The van der Waals surface area contributed by atoms with Crippen LogP contribution in [0.15, 0.2) is 22.5 Å². The molecule has 0 saturated heterocycles. The molecule has 1 aromatic carbocycles. The molecule has 2 aromatic rings. The summed E-state index contributed by atoms with van der Waals surface area (Å²) in [6, 6.07) is 4.37. The van der Waals surface area contributed by atoms with E-state index in [4.69, 9.17) is 0 Å². The molecule has 0 aliphatic rings. The zero-order chi connectivity index (χ0) is 16.8. The number of carbonyl (C=O) groups is 1. The number of thioether (sulfide) groups is 1. The Kier molecular flexibility index (Phi) is 6.05. The summed E-state index contributed by atoms with van der Waals surface area (Å²) in [5, 5.41) is 21.9. The Labute approximate surface area is 141 Å². The predicted octanol–water partition coefficient (Wildman–Crippen LogP) is 3.90. The lowest BCUT2D eigenvalue weighted by atomic mass is 10.1. The number of nitrogens with zero attached hydrogens (tertiary/aromatic N) is 3. The molecule has 23 heavy (non-hydrogen) atoms. The normalized spacial score (nSPS) is 10.5. The largest absolute Gasteiger partial charge is 0.296 e. The van der Waals surface area contributed by atoms with E-state index in [1.165, 1.54) is 17.4 Å². The van der Waals surface area contributed by atoms with Crippen LogP contribution in [0.25, 0.3) is 0 Å². The third-order valence-electron chi connectivity index (χ3n) is 3.02. The van der Waals surface area contributed by atoms with Gasteiger partial charge in [-0.1, -0.05) is 42.5 Å². The van der Waals surface area contributed by atoms with Crippen molar-refractivity contribution in [1.29, 1.82) is 0 Å². The van der Waals surface area contributed by atoms with Crippen molar-refractivity contribution in [3.8, 4) is 0 Å². The van der Waals surface area contributed by atoms with Gasteiger partial charge in [0.05, 0.1) is 4.92 Å². The van der Waals surface area contributed by atoms with Crippen molar-refractivity contribution in [3.63, 3.8) is 0 Å². The van der Waals surface area contributed by atoms with Crippen molar-refractivity contribution < 1.29 is 9.72 Å². The number of unbranched alkanes of at least 4 members (excludes halogenated alkanes) is 1. The molecule has 7 nitrogen and oxygen atoms in total. The average Bonchev–Trinajstić information content (AvgIpc) is 2.95. The minimum absolute atomic E-state index is 0.0780. The van der Waals surface area contributed by atoms with Crippen LogP contribution in [0.2, 0.25) is 0 Å². The van der Waals surface area contributed by atoms with Gasteiger partial charge in [0.2, 0.25) is 5.13 Å². The highest BCUT2D eigenvalue weighted by Gasteiger charge is 2.16. The van der Waals surface area contributed by atoms with Crippen LogP contribution >= 0.6 is 23.1 Å². The van der Waals surface area contributed by atoms with Gasteiger partial charge in [0.15, 0.2) is 4.34 Å². The van der Waals surface area contributed by atoms with Gasteiger partial charge in [-0.25, -0.2) is 0 Å². The number of aryl methyl sites for hydroxylation is 1. The number of nitro groups is 1. The van der Waals surface area contributed by atoms with E-state index in [0.717, 1.165) is 22.9 Å². The zero-order valence-electron chi connectivity index (χ0n) is 12.7. The summed E-state index contributed by atoms with van der Waals surface area (Å²) in [5.41, 5.74) is 0.653. The Hall–Kier alpha value is -2.00. The van der Waals surface area contributed by atoms with Gasteiger partial charge in [-0.05, 0) is 19.4 Å². The first-order chi connectivity index (χ1) is 11.0. The molecule has 2 rings (SSSR count). The Morgan fingerprint density at radius 3 is 2.91 bits per heavy atom. The minimum atomic E-state index is -0.500. The number of hydrogen-bond donors (Lipinski definition) is 1. The first-order valence-corrected chi connectivity index (χ1v) is 8.84. The number of amides is 1. The molecule has 0 aliphatic heterocycles. The van der Waals surface area contributed by atoms with Crippen LogP contribution in [0.1, 0.15) is 35.7 Å². The van der Waals surface area contributed by atoms with Crippen LogP contribution in [-0.4, -0.2) is 26.8 Å². The number of carbonyl (C=O) groups excluding carboxylic acids is 1. The number of nitrogens with one attached hydrogen (secondary N) is 1. The van der Waals surface area contributed by atoms with Crippen LogP contribution in [0, 0.1) is 17.0 Å². The number of rotatable bonds is 7. The second kappa shape index (κ2) is 8.02. The fourth-order valence-electron chi connectivity index (χ4n) is 1.74. The number of nitro benzene ring substituents is 1. The van der Waals surface area contributed by atoms with Gasteiger partial charge >= 0.3 is 0 Å². The zero-order valence-corrected chi connectivity index (χ0v) is 14.4. The lowest BCUT2D eigenvalue weighted by Crippen LogP contribution is -2.12. The van der Waals surface area contributed by atoms with Crippen LogP contribution < -0.4 is 5.32 Å². The molecule has 0 fully saturated rings. The molecule has 0 unspecified atom stereocenters. The topological polar surface area (TPSA) is 98.0 Å². The molecule has 1 amide bonds. The highest BCUT2D eigenvalue weighted by Crippen LogP contribution is 2.27. The smallest absolute Gasteiger partial charge is 0.273 e. The lowest BCUT2D eigenvalue weighted by molar-refractivity contribution is -0.385. The highest BCUT2D eigenvalue weighted by atomic mass is 32.2. The first-order valence-electron chi connectivity index (χ1n) is 7.04.